The second-order valence-corrected chi connectivity index (χ2v) is 11.6. The van der Waals surface area contributed by atoms with Crippen molar-refractivity contribution in [3.05, 3.63) is 127 Å². The minimum absolute atomic E-state index is 0.0824. The lowest BCUT2D eigenvalue weighted by Gasteiger charge is -2.07. The zero-order chi connectivity index (χ0) is 30.0. The molecular weight excluding hydrogens is 614 g/mol. The monoisotopic (exact) mass is 638 g/mol. The van der Waals surface area contributed by atoms with E-state index in [-0.39, 0.29) is 6.61 Å². The van der Waals surface area contributed by atoms with Gasteiger partial charge in [-0.15, -0.1) is 0 Å². The average molecular weight is 640 g/mol. The van der Waals surface area contributed by atoms with Gasteiger partial charge in [-0.2, -0.15) is 10.2 Å². The second kappa shape index (κ2) is 12.9. The maximum absolute atomic E-state index is 11.2. The largest absolute Gasteiger partial charge is 0.390 e. The van der Waals surface area contributed by atoms with E-state index in [2.05, 4.69) is 16.3 Å². The summed E-state index contributed by atoms with van der Waals surface area (Å²) in [5.41, 5.74) is 7.14. The van der Waals surface area contributed by atoms with Crippen LogP contribution < -0.4 is 0 Å². The van der Waals surface area contributed by atoms with Crippen LogP contribution in [0.3, 0.4) is 0 Å². The van der Waals surface area contributed by atoms with Crippen molar-refractivity contribution < 1.29 is 9.90 Å². The van der Waals surface area contributed by atoms with Crippen molar-refractivity contribution in [2.24, 2.45) is 0 Å². The van der Waals surface area contributed by atoms with Crippen LogP contribution in [0.5, 0.6) is 0 Å². The predicted octanol–water partition coefficient (Wildman–Crippen LogP) is 8.70. The van der Waals surface area contributed by atoms with Crippen LogP contribution in [0.1, 0.15) is 38.4 Å². The normalized spacial score (nSPS) is 11.1. The van der Waals surface area contributed by atoms with Gasteiger partial charge >= 0.3 is 0 Å². The number of nitrogens with zero attached hydrogens (tertiary/aromatic N) is 4. The lowest BCUT2D eigenvalue weighted by molar-refractivity contribution is 0.111. The lowest BCUT2D eigenvalue weighted by Crippen LogP contribution is -2.03. The van der Waals surface area contributed by atoms with Crippen molar-refractivity contribution in [1.29, 1.82) is 0 Å². The van der Waals surface area contributed by atoms with Gasteiger partial charge < -0.3 is 5.11 Å². The number of benzene rings is 4. The molecule has 0 atom stereocenters. The summed E-state index contributed by atoms with van der Waals surface area (Å²) >= 11 is 24.3. The van der Waals surface area contributed by atoms with Crippen molar-refractivity contribution in [2.75, 3.05) is 0 Å². The minimum atomic E-state index is -0.0824. The number of aryl methyl sites for hydroxylation is 2. The molecule has 0 fully saturated rings. The SMILES string of the molecule is Cc1ccc2c(C=O)nn(Cc3ccc(Cl)cc3Cl)c2c1.Cc1ccc2c(CO)nn(Cc3ccc(Cl)cc3Cl)c2c1. The first-order chi connectivity index (χ1) is 20.2. The molecule has 0 aliphatic heterocycles. The first-order valence-corrected chi connectivity index (χ1v) is 14.5. The molecule has 6 rings (SSSR count). The van der Waals surface area contributed by atoms with Crippen LogP contribution in [0.2, 0.25) is 20.1 Å². The van der Waals surface area contributed by atoms with Crippen LogP contribution >= 0.6 is 46.4 Å². The van der Waals surface area contributed by atoms with Gasteiger partial charge in [0, 0.05) is 30.9 Å². The van der Waals surface area contributed by atoms with Crippen molar-refractivity contribution in [3.8, 4) is 0 Å². The lowest BCUT2D eigenvalue weighted by atomic mass is 10.1. The summed E-state index contributed by atoms with van der Waals surface area (Å²) in [4.78, 5) is 11.2. The molecule has 2 heterocycles. The fraction of sp³-hybridized carbons (Fsp3) is 0.156. The molecule has 6 nitrogen and oxygen atoms in total. The summed E-state index contributed by atoms with van der Waals surface area (Å²) in [5, 5.41) is 22.5. The van der Waals surface area contributed by atoms with Gasteiger partial charge in [-0.25, -0.2) is 0 Å². The van der Waals surface area contributed by atoms with E-state index in [1.807, 2.05) is 67.1 Å². The van der Waals surface area contributed by atoms with Gasteiger partial charge in [-0.3, -0.25) is 14.2 Å². The number of fused-ring (bicyclic) bond motifs is 2. The highest BCUT2D eigenvalue weighted by atomic mass is 35.5. The van der Waals surface area contributed by atoms with E-state index in [1.165, 1.54) is 0 Å². The molecule has 214 valence electrons. The molecule has 0 radical (unpaired) electrons. The number of hydrogen-bond acceptors (Lipinski definition) is 4. The van der Waals surface area contributed by atoms with Crippen LogP contribution in [-0.2, 0) is 19.7 Å². The highest BCUT2D eigenvalue weighted by Gasteiger charge is 2.13. The molecule has 0 spiro atoms. The summed E-state index contributed by atoms with van der Waals surface area (Å²) in [7, 11) is 0. The van der Waals surface area contributed by atoms with Gasteiger partial charge in [-0.05, 0) is 72.5 Å². The first-order valence-electron chi connectivity index (χ1n) is 13.0. The number of carbonyl (C=O) groups excluding carboxylic acids is 1. The van der Waals surface area contributed by atoms with Gasteiger partial charge in [0.2, 0.25) is 0 Å². The summed E-state index contributed by atoms with van der Waals surface area (Å²) in [6.45, 7) is 4.98. The van der Waals surface area contributed by atoms with Crippen LogP contribution in [-0.4, -0.2) is 31.0 Å². The number of aromatic nitrogens is 4. The Labute approximate surface area is 263 Å². The number of aliphatic hydroxyl groups is 1. The fourth-order valence-corrected chi connectivity index (χ4v) is 5.67. The molecule has 0 saturated carbocycles. The third-order valence-electron chi connectivity index (χ3n) is 6.85. The number of rotatable bonds is 6. The van der Waals surface area contributed by atoms with Crippen LogP contribution in [0.25, 0.3) is 21.8 Å². The Hall–Kier alpha value is -3.39. The number of carbonyl (C=O) groups is 1. The Balaban J connectivity index is 0.000000168. The topological polar surface area (TPSA) is 72.9 Å². The molecule has 10 heteroatoms. The highest BCUT2D eigenvalue weighted by Crippen LogP contribution is 2.26. The zero-order valence-corrected chi connectivity index (χ0v) is 25.8. The molecule has 0 bridgehead atoms. The molecule has 0 aliphatic carbocycles. The molecule has 2 aromatic heterocycles. The molecule has 0 aliphatic rings. The van der Waals surface area contributed by atoms with Crippen molar-refractivity contribution in [1.82, 2.24) is 19.6 Å². The Kier molecular flexibility index (Phi) is 9.21. The Morgan fingerprint density at radius 3 is 1.69 bits per heavy atom. The fourth-order valence-electron chi connectivity index (χ4n) is 4.73. The Morgan fingerprint density at radius 1 is 0.690 bits per heavy atom. The predicted molar refractivity (Wildman–Crippen MR) is 171 cm³/mol. The summed E-state index contributed by atoms with van der Waals surface area (Å²) < 4.78 is 3.66. The van der Waals surface area contributed by atoms with E-state index in [9.17, 15) is 9.90 Å². The second-order valence-electron chi connectivity index (χ2n) is 9.94. The molecule has 0 saturated heterocycles. The zero-order valence-electron chi connectivity index (χ0n) is 22.8. The Morgan fingerprint density at radius 2 is 1.19 bits per heavy atom. The van der Waals surface area contributed by atoms with Crippen LogP contribution in [0, 0.1) is 13.8 Å². The first kappa shape index (κ1) is 30.1. The number of hydrogen-bond donors (Lipinski definition) is 1. The van der Waals surface area contributed by atoms with Gasteiger partial charge in [0.05, 0.1) is 36.4 Å². The van der Waals surface area contributed by atoms with Gasteiger partial charge in [0.1, 0.15) is 5.69 Å². The van der Waals surface area contributed by atoms with Crippen LogP contribution in [0.4, 0.5) is 0 Å². The van der Waals surface area contributed by atoms with Gasteiger partial charge in [0.25, 0.3) is 0 Å². The molecule has 6 aromatic rings. The summed E-state index contributed by atoms with van der Waals surface area (Å²) in [5.74, 6) is 0. The van der Waals surface area contributed by atoms with Crippen molar-refractivity contribution in [3.63, 3.8) is 0 Å². The number of aliphatic hydroxyl groups excluding tert-OH is 1. The molecule has 0 amide bonds. The van der Waals surface area contributed by atoms with Crippen molar-refractivity contribution in [2.45, 2.75) is 33.5 Å². The van der Waals surface area contributed by atoms with Gasteiger partial charge in [-0.1, -0.05) is 82.8 Å². The Bertz CT molecular complexity index is 1930. The maximum Gasteiger partial charge on any atom is 0.170 e. The van der Waals surface area contributed by atoms with E-state index in [1.54, 1.807) is 22.9 Å². The van der Waals surface area contributed by atoms with Gasteiger partial charge in [0.15, 0.2) is 6.29 Å². The smallest absolute Gasteiger partial charge is 0.170 e. The summed E-state index contributed by atoms with van der Waals surface area (Å²) in [6.07, 6.45) is 0.775. The molecule has 1 N–H and O–H groups in total. The average Bonchev–Trinajstić information content (AvgIpc) is 3.48. The maximum atomic E-state index is 11.2. The number of halogens is 4. The van der Waals surface area contributed by atoms with E-state index < -0.39 is 0 Å². The minimum Gasteiger partial charge on any atom is -0.390 e. The van der Waals surface area contributed by atoms with E-state index in [4.69, 9.17) is 46.4 Å². The highest BCUT2D eigenvalue weighted by molar-refractivity contribution is 6.35. The quantitative estimate of drug-likeness (QED) is 0.185. The third-order valence-corrected chi connectivity index (χ3v) is 8.03. The molecule has 4 aromatic carbocycles. The van der Waals surface area contributed by atoms with Crippen LogP contribution in [0.15, 0.2) is 72.8 Å². The standard InChI is InChI=1S/C16H14Cl2N2O.C16H12Cl2N2O/c2*1-10-2-5-13-15(9-21)19-20(16(13)6-10)8-11-3-4-12(17)7-14(11)18/h2-7,21H,8-9H2,1H3;2-7,9H,8H2,1H3. The molecular formula is C32H26Cl4N4O2. The van der Waals surface area contributed by atoms with E-state index in [0.717, 1.165) is 50.3 Å². The molecule has 0 unspecified atom stereocenters. The van der Waals surface area contributed by atoms with E-state index >= 15 is 0 Å². The van der Waals surface area contributed by atoms with E-state index in [0.29, 0.717) is 44.6 Å². The number of aldehydes is 1. The molecule has 42 heavy (non-hydrogen) atoms. The summed E-state index contributed by atoms with van der Waals surface area (Å²) in [6, 6.07) is 22.8. The third kappa shape index (κ3) is 6.48. The van der Waals surface area contributed by atoms with Crippen molar-refractivity contribution >= 4 is 74.5 Å².